The van der Waals surface area contributed by atoms with Crippen molar-refractivity contribution in [1.29, 1.82) is 0 Å². The van der Waals surface area contributed by atoms with E-state index in [0.29, 0.717) is 0 Å². The second-order valence-electron chi connectivity index (χ2n) is 5.78. The van der Waals surface area contributed by atoms with Crippen molar-refractivity contribution in [3.63, 3.8) is 0 Å². The lowest BCUT2D eigenvalue weighted by molar-refractivity contribution is 0.663. The van der Waals surface area contributed by atoms with Gasteiger partial charge in [0.1, 0.15) is 0 Å². The van der Waals surface area contributed by atoms with Crippen LogP contribution in [0.2, 0.25) is 0 Å². The number of hydrogen-bond acceptors (Lipinski definition) is 0. The molecule has 0 spiro atoms. The lowest BCUT2D eigenvalue weighted by Gasteiger charge is -2.04. The van der Waals surface area contributed by atoms with Crippen LogP contribution in [0.1, 0.15) is 58.4 Å². The summed E-state index contributed by atoms with van der Waals surface area (Å²) < 4.78 is 0. The average molecular weight is 292 g/mol. The predicted molar refractivity (Wildman–Crippen MR) is 99.5 cm³/mol. The molecule has 0 radical (unpaired) electrons. The van der Waals surface area contributed by atoms with E-state index < -0.39 is 0 Å². The van der Waals surface area contributed by atoms with Crippen LogP contribution in [0.15, 0.2) is 59.7 Å². The highest BCUT2D eigenvalue weighted by molar-refractivity contribution is 5.58. The minimum Gasteiger partial charge on any atom is -0.0877 e. The molecule has 0 nitrogen and oxygen atoms in total. The first-order chi connectivity index (χ1) is 10.6. The van der Waals surface area contributed by atoms with E-state index >= 15 is 0 Å². The minimum absolute atomic E-state index is 0.907. The Morgan fingerprint density at radius 2 is 1.77 bits per heavy atom. The lowest BCUT2D eigenvalue weighted by atomic mass is 10.0. The van der Waals surface area contributed by atoms with E-state index in [1.165, 1.54) is 36.8 Å². The highest BCUT2D eigenvalue weighted by atomic mass is 14.0. The van der Waals surface area contributed by atoms with E-state index in [0.717, 1.165) is 17.6 Å². The Kier molecular flexibility index (Phi) is 8.77. The number of rotatable bonds is 7. The van der Waals surface area contributed by atoms with E-state index in [4.69, 9.17) is 0 Å². The molecule has 0 fully saturated rings. The molecule has 0 saturated carbocycles. The van der Waals surface area contributed by atoms with Crippen LogP contribution in [0, 0.1) is 11.8 Å². The molecular formula is C22H28. The van der Waals surface area contributed by atoms with Crippen LogP contribution < -0.4 is 0 Å². The van der Waals surface area contributed by atoms with E-state index in [2.05, 4.69) is 68.7 Å². The van der Waals surface area contributed by atoms with Gasteiger partial charge in [0.15, 0.2) is 0 Å². The monoisotopic (exact) mass is 292 g/mol. The maximum Gasteiger partial charge on any atom is 0.0238 e. The zero-order chi connectivity index (χ0) is 16.2. The molecule has 1 aromatic rings. The SMILES string of the molecule is C=C(C)C#CC(/C=C/c1ccccc1)=C(/C)CCCCCC. The third-order valence-electron chi connectivity index (χ3n) is 3.52. The third kappa shape index (κ3) is 7.70. The van der Waals surface area contributed by atoms with Crippen LogP contribution in [0.3, 0.4) is 0 Å². The maximum absolute atomic E-state index is 3.87. The van der Waals surface area contributed by atoms with Crippen molar-refractivity contribution in [3.8, 4) is 11.8 Å². The molecule has 0 aliphatic rings. The summed E-state index contributed by atoms with van der Waals surface area (Å²) in [6.07, 6.45) is 10.5. The predicted octanol–water partition coefficient (Wildman–Crippen LogP) is 6.57. The fourth-order valence-corrected chi connectivity index (χ4v) is 2.16. The Morgan fingerprint density at radius 3 is 2.41 bits per heavy atom. The first-order valence-corrected chi connectivity index (χ1v) is 8.24. The van der Waals surface area contributed by atoms with E-state index in [1.807, 2.05) is 13.0 Å². The fraction of sp³-hybridized carbons (Fsp3) is 0.364. The standard InChI is InChI=1S/C22H28/c1-5-6-7-9-12-20(4)22(17-15-19(2)3)18-16-21-13-10-8-11-14-21/h8,10-11,13-14,16,18H,2,5-7,9,12H2,1,3-4H3/b18-16+,22-20+. The fourth-order valence-electron chi connectivity index (χ4n) is 2.16. The maximum atomic E-state index is 3.87. The van der Waals surface area contributed by atoms with Crippen LogP contribution in [0.5, 0.6) is 0 Å². The van der Waals surface area contributed by atoms with Gasteiger partial charge < -0.3 is 0 Å². The molecule has 0 atom stereocenters. The first-order valence-electron chi connectivity index (χ1n) is 8.24. The summed E-state index contributed by atoms with van der Waals surface area (Å²) in [5.41, 5.74) is 4.61. The van der Waals surface area contributed by atoms with Gasteiger partial charge in [0.2, 0.25) is 0 Å². The van der Waals surface area contributed by atoms with Crippen molar-refractivity contribution in [3.05, 3.63) is 65.3 Å². The second-order valence-corrected chi connectivity index (χ2v) is 5.78. The van der Waals surface area contributed by atoms with Crippen molar-refractivity contribution in [2.24, 2.45) is 0 Å². The van der Waals surface area contributed by atoms with Gasteiger partial charge in [-0.3, -0.25) is 0 Å². The van der Waals surface area contributed by atoms with Gasteiger partial charge in [-0.2, -0.15) is 0 Å². The van der Waals surface area contributed by atoms with Crippen LogP contribution >= 0.6 is 0 Å². The molecule has 1 rings (SSSR count). The molecule has 22 heavy (non-hydrogen) atoms. The molecule has 0 unspecified atom stereocenters. The lowest BCUT2D eigenvalue weighted by Crippen LogP contribution is -1.86. The Bertz CT molecular complexity index is 573. The molecule has 0 aliphatic heterocycles. The number of allylic oxidation sites excluding steroid dienone is 4. The van der Waals surface area contributed by atoms with Crippen LogP contribution in [-0.2, 0) is 0 Å². The van der Waals surface area contributed by atoms with Crippen LogP contribution in [0.4, 0.5) is 0 Å². The van der Waals surface area contributed by atoms with E-state index in [9.17, 15) is 0 Å². The van der Waals surface area contributed by atoms with E-state index in [-0.39, 0.29) is 0 Å². The summed E-state index contributed by atoms with van der Waals surface area (Å²) in [5, 5.41) is 0. The molecule has 1 aromatic carbocycles. The molecule has 116 valence electrons. The average Bonchev–Trinajstić information content (AvgIpc) is 2.52. The van der Waals surface area contributed by atoms with Crippen molar-refractivity contribution in [2.75, 3.05) is 0 Å². The molecule has 0 bridgehead atoms. The quantitative estimate of drug-likeness (QED) is 0.303. The molecule has 0 saturated heterocycles. The topological polar surface area (TPSA) is 0 Å². The molecule has 0 aliphatic carbocycles. The summed E-state index contributed by atoms with van der Waals surface area (Å²) in [6, 6.07) is 10.4. The van der Waals surface area contributed by atoms with Crippen molar-refractivity contribution in [2.45, 2.75) is 52.9 Å². The molecule has 0 N–H and O–H groups in total. The van der Waals surface area contributed by atoms with E-state index in [1.54, 1.807) is 0 Å². The largest absolute Gasteiger partial charge is 0.0877 e. The molecule has 0 amide bonds. The van der Waals surface area contributed by atoms with Gasteiger partial charge in [0, 0.05) is 5.57 Å². The Morgan fingerprint density at radius 1 is 1.05 bits per heavy atom. The minimum atomic E-state index is 0.907. The van der Waals surface area contributed by atoms with Gasteiger partial charge in [-0.25, -0.2) is 0 Å². The highest BCUT2D eigenvalue weighted by Gasteiger charge is 1.98. The summed E-state index contributed by atoms with van der Waals surface area (Å²) >= 11 is 0. The van der Waals surface area contributed by atoms with Crippen LogP contribution in [0.25, 0.3) is 6.08 Å². The van der Waals surface area contributed by atoms with Gasteiger partial charge in [-0.1, -0.05) is 86.6 Å². The zero-order valence-corrected chi connectivity index (χ0v) is 14.3. The van der Waals surface area contributed by atoms with Crippen LogP contribution in [-0.4, -0.2) is 0 Å². The van der Waals surface area contributed by atoms with Crippen molar-refractivity contribution in [1.82, 2.24) is 0 Å². The molecule has 0 aromatic heterocycles. The summed E-state index contributed by atoms with van der Waals surface area (Å²) in [6.45, 7) is 10.3. The smallest absolute Gasteiger partial charge is 0.0238 e. The normalized spacial score (nSPS) is 11.8. The Labute approximate surface area is 136 Å². The number of hydrogen-bond donors (Lipinski definition) is 0. The van der Waals surface area contributed by atoms with Crippen molar-refractivity contribution >= 4 is 6.08 Å². The van der Waals surface area contributed by atoms with Gasteiger partial charge in [0.05, 0.1) is 0 Å². The third-order valence-corrected chi connectivity index (χ3v) is 3.52. The highest BCUT2D eigenvalue weighted by Crippen LogP contribution is 2.16. The Hall–Kier alpha value is -2.00. The number of benzene rings is 1. The number of unbranched alkanes of at least 4 members (excludes halogenated alkanes) is 3. The van der Waals surface area contributed by atoms with Crippen molar-refractivity contribution < 1.29 is 0 Å². The van der Waals surface area contributed by atoms with Gasteiger partial charge >= 0.3 is 0 Å². The second kappa shape index (κ2) is 10.7. The molecule has 0 heteroatoms. The summed E-state index contributed by atoms with van der Waals surface area (Å²) in [5.74, 6) is 6.38. The first kappa shape index (κ1) is 18.1. The van der Waals surface area contributed by atoms with Gasteiger partial charge in [-0.05, 0) is 43.9 Å². The van der Waals surface area contributed by atoms with Gasteiger partial charge in [-0.15, -0.1) is 0 Å². The Balaban J connectivity index is 2.85. The van der Waals surface area contributed by atoms with Gasteiger partial charge in [0.25, 0.3) is 0 Å². The summed E-state index contributed by atoms with van der Waals surface area (Å²) in [4.78, 5) is 0. The molecular weight excluding hydrogens is 264 g/mol. The zero-order valence-electron chi connectivity index (χ0n) is 14.3. The molecule has 0 heterocycles. The summed E-state index contributed by atoms with van der Waals surface area (Å²) in [7, 11) is 0.